The minimum atomic E-state index is 0.610. The molecule has 2 heterocycles. The van der Waals surface area contributed by atoms with Crippen molar-refractivity contribution >= 4 is 7.55 Å². The van der Waals surface area contributed by atoms with E-state index in [1.165, 1.54) is 16.7 Å². The first-order valence-corrected chi connectivity index (χ1v) is 7.26. The third kappa shape index (κ3) is 2.68. The number of nitrogens with zero attached hydrogens (tertiary/aromatic N) is 2. The van der Waals surface area contributed by atoms with Gasteiger partial charge in [-0.25, -0.2) is 4.97 Å². The van der Waals surface area contributed by atoms with Crippen molar-refractivity contribution in [3.63, 3.8) is 0 Å². The lowest BCUT2D eigenvalue weighted by atomic mass is 10.0. The molecule has 2 aliphatic heterocycles. The molecule has 0 N–H and O–H groups in total. The molecule has 21 heavy (non-hydrogen) atoms. The van der Waals surface area contributed by atoms with E-state index in [9.17, 15) is 0 Å². The van der Waals surface area contributed by atoms with E-state index in [4.69, 9.17) is 9.57 Å². The summed E-state index contributed by atoms with van der Waals surface area (Å²) in [6.07, 6.45) is 0. The summed E-state index contributed by atoms with van der Waals surface area (Å²) in [5.41, 5.74) is 3.87. The predicted octanol–water partition coefficient (Wildman–Crippen LogP) is 2.05. The average molecular weight is 280 g/mol. The van der Waals surface area contributed by atoms with E-state index in [-0.39, 0.29) is 0 Å². The van der Waals surface area contributed by atoms with E-state index in [1.807, 2.05) is 17.1 Å². The summed E-state index contributed by atoms with van der Waals surface area (Å²) in [6.45, 7) is 2.99. The average Bonchev–Trinajstić information content (AvgIpc) is 2.55. The molecule has 106 valence electrons. The van der Waals surface area contributed by atoms with Crippen LogP contribution in [-0.2, 0) is 24.5 Å². The molecule has 0 saturated carbocycles. The molecule has 0 saturated heterocycles. The molecular formula is C16H17BN2O2. The third-order valence-corrected chi connectivity index (χ3v) is 3.99. The Morgan fingerprint density at radius 1 is 0.857 bits per heavy atom. The van der Waals surface area contributed by atoms with Crippen molar-refractivity contribution in [2.75, 3.05) is 6.73 Å². The van der Waals surface area contributed by atoms with E-state index < -0.39 is 0 Å². The Bertz CT molecular complexity index is 594. The van der Waals surface area contributed by atoms with Crippen molar-refractivity contribution in [3.8, 4) is 5.75 Å². The monoisotopic (exact) mass is 280 g/mol. The molecule has 4 rings (SSSR count). The van der Waals surface area contributed by atoms with Crippen LogP contribution in [0.1, 0.15) is 16.7 Å². The molecule has 2 aromatic rings. The molecule has 0 unspecified atom stereocenters. The van der Waals surface area contributed by atoms with Gasteiger partial charge in [0.25, 0.3) is 0 Å². The van der Waals surface area contributed by atoms with Crippen molar-refractivity contribution in [1.82, 2.24) is 9.79 Å². The molecule has 4 nitrogen and oxygen atoms in total. The number of hydrogen-bond acceptors (Lipinski definition) is 4. The summed E-state index contributed by atoms with van der Waals surface area (Å²) in [5, 5.41) is 0. The topological polar surface area (TPSA) is 24.9 Å². The summed E-state index contributed by atoms with van der Waals surface area (Å²) in [4.78, 5) is 10.1. The Labute approximate surface area is 125 Å². The first kappa shape index (κ1) is 12.9. The first-order valence-electron chi connectivity index (χ1n) is 7.26. The second kappa shape index (κ2) is 5.52. The third-order valence-electron chi connectivity index (χ3n) is 3.99. The zero-order valence-electron chi connectivity index (χ0n) is 11.9. The van der Waals surface area contributed by atoms with E-state index in [1.54, 1.807) is 0 Å². The van der Waals surface area contributed by atoms with Crippen LogP contribution in [0.3, 0.4) is 0 Å². The maximum absolute atomic E-state index is 5.83. The second-order valence-electron chi connectivity index (χ2n) is 5.53. The Balaban J connectivity index is 1.42. The maximum atomic E-state index is 5.83. The highest BCUT2D eigenvalue weighted by atomic mass is 16.7. The van der Waals surface area contributed by atoms with Crippen LogP contribution in [0.2, 0.25) is 0 Å². The highest BCUT2D eigenvalue weighted by Gasteiger charge is 2.24. The van der Waals surface area contributed by atoms with Crippen molar-refractivity contribution in [2.45, 2.75) is 19.7 Å². The van der Waals surface area contributed by atoms with Crippen LogP contribution >= 0.6 is 0 Å². The molecule has 2 aliphatic rings. The fraction of sp³-hybridized carbons (Fsp3) is 0.250. The normalized spacial score (nSPS) is 18.5. The zero-order valence-corrected chi connectivity index (χ0v) is 11.9. The summed E-state index contributed by atoms with van der Waals surface area (Å²) in [5.74, 6) is 0.999. The first-order chi connectivity index (χ1) is 10.4. The number of hydrogen-bond donors (Lipinski definition) is 0. The van der Waals surface area contributed by atoms with Crippen molar-refractivity contribution in [2.24, 2.45) is 0 Å². The lowest BCUT2D eigenvalue weighted by Crippen LogP contribution is -2.45. The molecule has 0 amide bonds. The summed E-state index contributed by atoms with van der Waals surface area (Å²) in [7, 11) is 0.753. The van der Waals surface area contributed by atoms with Gasteiger partial charge in [-0.05, 0) is 17.2 Å². The van der Waals surface area contributed by atoms with E-state index in [2.05, 4.69) is 41.2 Å². The number of ether oxygens (including phenoxy) is 1. The number of hydroxylamine groups is 1. The largest absolute Gasteiger partial charge is 0.479 e. The lowest BCUT2D eigenvalue weighted by Gasteiger charge is -2.34. The fourth-order valence-electron chi connectivity index (χ4n) is 2.88. The van der Waals surface area contributed by atoms with Gasteiger partial charge in [0.15, 0.2) is 0 Å². The lowest BCUT2D eigenvalue weighted by molar-refractivity contribution is -0.125. The zero-order chi connectivity index (χ0) is 14.1. The smallest absolute Gasteiger partial charge is 0.323 e. The van der Waals surface area contributed by atoms with E-state index >= 15 is 0 Å². The molecule has 0 aliphatic carbocycles. The second-order valence-corrected chi connectivity index (χ2v) is 5.53. The number of fused-ring (bicyclic) bond motifs is 2. The number of benzene rings is 2. The quantitative estimate of drug-likeness (QED) is 0.786. The van der Waals surface area contributed by atoms with Gasteiger partial charge in [0, 0.05) is 18.7 Å². The van der Waals surface area contributed by atoms with Crippen LogP contribution in [0.15, 0.2) is 48.5 Å². The Morgan fingerprint density at radius 2 is 1.62 bits per heavy atom. The maximum Gasteiger partial charge on any atom is 0.323 e. The van der Waals surface area contributed by atoms with Gasteiger partial charge in [-0.2, -0.15) is 0 Å². The molecular weight excluding hydrogens is 263 g/mol. The van der Waals surface area contributed by atoms with E-state index in [0.29, 0.717) is 13.3 Å². The Morgan fingerprint density at radius 3 is 2.52 bits per heavy atom. The minimum Gasteiger partial charge on any atom is -0.479 e. The van der Waals surface area contributed by atoms with Crippen LogP contribution in [0.25, 0.3) is 0 Å². The minimum absolute atomic E-state index is 0.610. The van der Waals surface area contributed by atoms with E-state index in [0.717, 1.165) is 26.4 Å². The van der Waals surface area contributed by atoms with Crippen LogP contribution in [0, 0.1) is 0 Å². The van der Waals surface area contributed by atoms with Gasteiger partial charge in [0.1, 0.15) is 12.5 Å². The standard InChI is InChI=1S/C16H17BN2O2/c1-2-7-15-11-21-19(10-13(15)5-1)17-18-9-14-6-3-4-8-16(14)20-12-18/h1-8,17H,9-12H2. The van der Waals surface area contributed by atoms with Crippen molar-refractivity contribution < 1.29 is 9.57 Å². The molecule has 2 aromatic carbocycles. The van der Waals surface area contributed by atoms with Gasteiger partial charge < -0.3 is 9.57 Å². The fourth-order valence-corrected chi connectivity index (χ4v) is 2.88. The molecule has 0 spiro atoms. The van der Waals surface area contributed by atoms with Gasteiger partial charge in [0.2, 0.25) is 0 Å². The van der Waals surface area contributed by atoms with Crippen LogP contribution < -0.4 is 4.74 Å². The van der Waals surface area contributed by atoms with Gasteiger partial charge in [0.05, 0.1) is 6.61 Å². The molecule has 0 radical (unpaired) electrons. The molecule has 0 fully saturated rings. The van der Waals surface area contributed by atoms with Crippen molar-refractivity contribution in [1.29, 1.82) is 0 Å². The summed E-state index contributed by atoms with van der Waals surface area (Å²) in [6, 6.07) is 16.7. The molecule has 5 heteroatoms. The van der Waals surface area contributed by atoms with Gasteiger partial charge >= 0.3 is 7.55 Å². The number of rotatable bonds is 2. The predicted molar refractivity (Wildman–Crippen MR) is 81.4 cm³/mol. The Hall–Kier alpha value is -1.82. The molecule has 0 atom stereocenters. The summed E-state index contributed by atoms with van der Waals surface area (Å²) >= 11 is 0. The highest BCUT2D eigenvalue weighted by Crippen LogP contribution is 2.25. The molecule has 0 bridgehead atoms. The van der Waals surface area contributed by atoms with Gasteiger partial charge in [-0.15, -0.1) is 0 Å². The van der Waals surface area contributed by atoms with Crippen LogP contribution in [0.5, 0.6) is 5.75 Å². The van der Waals surface area contributed by atoms with Gasteiger partial charge in [-0.1, -0.05) is 42.5 Å². The summed E-state index contributed by atoms with van der Waals surface area (Å²) < 4.78 is 5.79. The SMILES string of the molecule is B(N1COc2ccccc2C1)N1Cc2ccccc2CO1. The van der Waals surface area contributed by atoms with Crippen molar-refractivity contribution in [3.05, 3.63) is 65.2 Å². The highest BCUT2D eigenvalue weighted by molar-refractivity contribution is 6.27. The van der Waals surface area contributed by atoms with Gasteiger partial charge in [-0.3, -0.25) is 4.81 Å². The molecule has 0 aromatic heterocycles. The Kier molecular flexibility index (Phi) is 3.39. The van der Waals surface area contributed by atoms with Crippen LogP contribution in [0.4, 0.5) is 0 Å². The van der Waals surface area contributed by atoms with Crippen LogP contribution in [-0.4, -0.2) is 24.1 Å². The number of para-hydroxylation sites is 1.